The van der Waals surface area contributed by atoms with Crippen LogP contribution in [0, 0.1) is 0 Å². The third-order valence-electron chi connectivity index (χ3n) is 3.23. The second kappa shape index (κ2) is 7.33. The molecule has 1 fully saturated rings. The van der Waals surface area contributed by atoms with Gasteiger partial charge in [-0.15, -0.1) is 0 Å². The smallest absolute Gasteiger partial charge is 0.137 e. The van der Waals surface area contributed by atoms with Gasteiger partial charge in [-0.3, -0.25) is 0 Å². The van der Waals surface area contributed by atoms with Crippen molar-refractivity contribution in [3.05, 3.63) is 24.3 Å². The van der Waals surface area contributed by atoms with E-state index in [1.807, 2.05) is 24.3 Å². The summed E-state index contributed by atoms with van der Waals surface area (Å²) in [5.74, 6) is 1.54. The fourth-order valence-electron chi connectivity index (χ4n) is 2.12. The van der Waals surface area contributed by atoms with E-state index in [0.29, 0.717) is 13.2 Å². The first-order valence-electron chi connectivity index (χ1n) is 6.64. The third-order valence-corrected chi connectivity index (χ3v) is 3.23. The SMILES string of the molecule is COc1ccc(OC[C@H](O)C[NH+]2CCOCC2)cc1. The molecule has 1 aromatic carbocycles. The minimum absolute atomic E-state index is 0.316. The van der Waals surface area contributed by atoms with E-state index >= 15 is 0 Å². The molecule has 1 aliphatic heterocycles. The number of methoxy groups -OCH3 is 1. The second-order valence-electron chi connectivity index (χ2n) is 4.71. The molecule has 0 bridgehead atoms. The van der Waals surface area contributed by atoms with E-state index in [0.717, 1.165) is 37.8 Å². The topological polar surface area (TPSA) is 52.4 Å². The molecule has 0 aromatic heterocycles. The van der Waals surface area contributed by atoms with Gasteiger partial charge in [-0.1, -0.05) is 0 Å². The summed E-state index contributed by atoms with van der Waals surface area (Å²) in [6.07, 6.45) is -0.449. The average molecular weight is 268 g/mol. The van der Waals surface area contributed by atoms with Crippen LogP contribution >= 0.6 is 0 Å². The van der Waals surface area contributed by atoms with Crippen molar-refractivity contribution in [1.29, 1.82) is 0 Å². The molecule has 5 heteroatoms. The van der Waals surface area contributed by atoms with Gasteiger partial charge < -0.3 is 24.2 Å². The van der Waals surface area contributed by atoms with Gasteiger partial charge in [-0.25, -0.2) is 0 Å². The summed E-state index contributed by atoms with van der Waals surface area (Å²) in [5, 5.41) is 9.95. The Bertz CT molecular complexity index is 362. The molecule has 2 rings (SSSR count). The lowest BCUT2D eigenvalue weighted by Gasteiger charge is -2.25. The van der Waals surface area contributed by atoms with Gasteiger partial charge in [0.25, 0.3) is 0 Å². The predicted octanol–water partition coefficient (Wildman–Crippen LogP) is -0.650. The Labute approximate surface area is 113 Å². The maximum Gasteiger partial charge on any atom is 0.137 e. The fourth-order valence-corrected chi connectivity index (χ4v) is 2.12. The summed E-state index contributed by atoms with van der Waals surface area (Å²) in [4.78, 5) is 1.37. The van der Waals surface area contributed by atoms with Crippen molar-refractivity contribution in [2.45, 2.75) is 6.10 Å². The maximum atomic E-state index is 9.95. The highest BCUT2D eigenvalue weighted by Gasteiger charge is 2.18. The van der Waals surface area contributed by atoms with E-state index in [4.69, 9.17) is 14.2 Å². The van der Waals surface area contributed by atoms with Crippen LogP contribution in [0.3, 0.4) is 0 Å². The standard InChI is InChI=1S/C14H21NO4/c1-17-13-2-4-14(5-3-13)19-11-12(16)10-15-6-8-18-9-7-15/h2-5,12,16H,6-11H2,1H3/p+1/t12-/m1/s1. The van der Waals surface area contributed by atoms with Gasteiger partial charge >= 0.3 is 0 Å². The molecule has 2 N–H and O–H groups in total. The number of morpholine rings is 1. The van der Waals surface area contributed by atoms with Crippen molar-refractivity contribution in [3.8, 4) is 11.5 Å². The first-order chi connectivity index (χ1) is 9.28. The first-order valence-corrected chi connectivity index (χ1v) is 6.64. The number of hydrogen-bond donors (Lipinski definition) is 2. The van der Waals surface area contributed by atoms with Gasteiger partial charge in [0.1, 0.15) is 43.8 Å². The first kappa shape index (κ1) is 14.1. The van der Waals surface area contributed by atoms with E-state index in [1.54, 1.807) is 7.11 Å². The quantitative estimate of drug-likeness (QED) is 0.720. The highest BCUT2D eigenvalue weighted by atomic mass is 16.5. The summed E-state index contributed by atoms with van der Waals surface area (Å²) >= 11 is 0. The Morgan fingerprint density at radius 2 is 1.84 bits per heavy atom. The van der Waals surface area contributed by atoms with E-state index in [-0.39, 0.29) is 0 Å². The Morgan fingerprint density at radius 1 is 1.21 bits per heavy atom. The summed E-state index contributed by atoms with van der Waals surface area (Å²) in [5.41, 5.74) is 0. The number of ether oxygens (including phenoxy) is 3. The molecule has 0 saturated carbocycles. The fraction of sp³-hybridized carbons (Fsp3) is 0.571. The molecule has 1 aliphatic rings. The molecular weight excluding hydrogens is 246 g/mol. The van der Waals surface area contributed by atoms with E-state index in [1.165, 1.54) is 4.90 Å². The van der Waals surface area contributed by atoms with Crippen molar-refractivity contribution in [2.75, 3.05) is 46.6 Å². The number of rotatable bonds is 6. The molecule has 106 valence electrons. The van der Waals surface area contributed by atoms with Crippen LogP contribution in [-0.4, -0.2) is 57.8 Å². The molecule has 0 spiro atoms. The average Bonchev–Trinajstić information content (AvgIpc) is 2.47. The van der Waals surface area contributed by atoms with Crippen LogP contribution in [0.2, 0.25) is 0 Å². The second-order valence-corrected chi connectivity index (χ2v) is 4.71. The molecule has 19 heavy (non-hydrogen) atoms. The molecular formula is C14H22NO4+. The van der Waals surface area contributed by atoms with Crippen molar-refractivity contribution >= 4 is 0 Å². The Balaban J connectivity index is 1.71. The van der Waals surface area contributed by atoms with Gasteiger partial charge in [0.15, 0.2) is 0 Å². The third kappa shape index (κ3) is 4.70. The molecule has 0 amide bonds. The predicted molar refractivity (Wildman–Crippen MR) is 70.9 cm³/mol. The number of aliphatic hydroxyl groups excluding tert-OH is 1. The number of hydrogen-bond acceptors (Lipinski definition) is 4. The van der Waals surface area contributed by atoms with Gasteiger partial charge in [0, 0.05) is 0 Å². The molecule has 1 atom stereocenters. The van der Waals surface area contributed by atoms with Gasteiger partial charge in [-0.2, -0.15) is 0 Å². The van der Waals surface area contributed by atoms with E-state index in [2.05, 4.69) is 0 Å². The minimum Gasteiger partial charge on any atom is -0.497 e. The van der Waals surface area contributed by atoms with Crippen molar-refractivity contribution in [2.24, 2.45) is 0 Å². The molecule has 1 heterocycles. The van der Waals surface area contributed by atoms with Crippen LogP contribution < -0.4 is 14.4 Å². The Kier molecular flexibility index (Phi) is 5.44. The molecule has 1 saturated heterocycles. The highest BCUT2D eigenvalue weighted by molar-refractivity contribution is 5.31. The van der Waals surface area contributed by atoms with Crippen LogP contribution in [0.1, 0.15) is 0 Å². The number of aliphatic hydroxyl groups is 1. The van der Waals surface area contributed by atoms with Crippen molar-refractivity contribution < 1.29 is 24.2 Å². The molecule has 0 unspecified atom stereocenters. The zero-order chi connectivity index (χ0) is 13.5. The molecule has 0 radical (unpaired) electrons. The number of quaternary nitrogens is 1. The Morgan fingerprint density at radius 3 is 2.47 bits per heavy atom. The van der Waals surface area contributed by atoms with Crippen LogP contribution in [0.15, 0.2) is 24.3 Å². The zero-order valence-corrected chi connectivity index (χ0v) is 11.3. The molecule has 5 nitrogen and oxygen atoms in total. The lowest BCUT2D eigenvalue weighted by Crippen LogP contribution is -3.15. The maximum absolute atomic E-state index is 9.95. The lowest BCUT2D eigenvalue weighted by atomic mass is 10.3. The lowest BCUT2D eigenvalue weighted by molar-refractivity contribution is -0.911. The summed E-state index contributed by atoms with van der Waals surface area (Å²) in [6.45, 7) is 4.50. The summed E-state index contributed by atoms with van der Waals surface area (Å²) in [6, 6.07) is 7.37. The van der Waals surface area contributed by atoms with Crippen molar-refractivity contribution in [3.63, 3.8) is 0 Å². The van der Waals surface area contributed by atoms with E-state index in [9.17, 15) is 5.11 Å². The summed E-state index contributed by atoms with van der Waals surface area (Å²) in [7, 11) is 1.63. The van der Waals surface area contributed by atoms with Crippen LogP contribution in [0.25, 0.3) is 0 Å². The van der Waals surface area contributed by atoms with Crippen molar-refractivity contribution in [1.82, 2.24) is 0 Å². The minimum atomic E-state index is -0.449. The van der Waals surface area contributed by atoms with Crippen LogP contribution in [0.5, 0.6) is 11.5 Å². The highest BCUT2D eigenvalue weighted by Crippen LogP contribution is 2.16. The van der Waals surface area contributed by atoms with Gasteiger partial charge in [0.2, 0.25) is 0 Å². The number of nitrogens with one attached hydrogen (secondary N) is 1. The monoisotopic (exact) mass is 268 g/mol. The summed E-state index contributed by atoms with van der Waals surface area (Å²) < 4.78 is 15.9. The van der Waals surface area contributed by atoms with Gasteiger partial charge in [0.05, 0.1) is 20.3 Å². The molecule has 0 aliphatic carbocycles. The van der Waals surface area contributed by atoms with Gasteiger partial charge in [-0.05, 0) is 24.3 Å². The van der Waals surface area contributed by atoms with Crippen LogP contribution in [-0.2, 0) is 4.74 Å². The van der Waals surface area contributed by atoms with Crippen LogP contribution in [0.4, 0.5) is 0 Å². The Hall–Kier alpha value is -1.30. The zero-order valence-electron chi connectivity index (χ0n) is 11.3. The molecule has 1 aromatic rings. The largest absolute Gasteiger partial charge is 0.497 e. The number of benzene rings is 1. The normalized spacial score (nSPS) is 18.0. The van der Waals surface area contributed by atoms with E-state index < -0.39 is 6.10 Å².